The summed E-state index contributed by atoms with van der Waals surface area (Å²) in [5.41, 5.74) is 2.08. The number of nitriles is 1. The number of benzene rings is 1. The minimum absolute atomic E-state index is 0.146. The number of nitrogens with zero attached hydrogens (tertiary/aromatic N) is 2. The molecular formula is C18H25N3O. The second-order valence-corrected chi connectivity index (χ2v) is 5.47. The molecule has 0 saturated carbocycles. The number of anilines is 1. The molecule has 4 nitrogen and oxygen atoms in total. The summed E-state index contributed by atoms with van der Waals surface area (Å²) in [4.78, 5) is 14.0. The highest BCUT2D eigenvalue weighted by atomic mass is 16.1. The molecule has 0 unspecified atom stereocenters. The first-order chi connectivity index (χ1) is 10.6. The minimum Gasteiger partial charge on any atom is -0.378 e. The average Bonchev–Trinajstić information content (AvgIpc) is 2.52. The van der Waals surface area contributed by atoms with E-state index >= 15 is 0 Å². The van der Waals surface area contributed by atoms with E-state index in [-0.39, 0.29) is 11.5 Å². The molecule has 0 heterocycles. The van der Waals surface area contributed by atoms with Crippen LogP contribution < -0.4 is 10.2 Å². The van der Waals surface area contributed by atoms with Crippen molar-refractivity contribution in [3.8, 4) is 6.07 Å². The molecule has 0 saturated heterocycles. The molecule has 0 radical (unpaired) electrons. The molecule has 0 spiro atoms. The van der Waals surface area contributed by atoms with E-state index in [1.165, 1.54) is 12.8 Å². The van der Waals surface area contributed by atoms with Crippen LogP contribution in [0.15, 0.2) is 29.8 Å². The summed E-state index contributed by atoms with van der Waals surface area (Å²) in [5, 5.41) is 12.0. The lowest BCUT2D eigenvalue weighted by Gasteiger charge is -2.11. The SMILES string of the molecule is CCCCCCNC(=O)/C(C#N)=C/c1ccc(N(C)C)cc1. The molecule has 0 aliphatic heterocycles. The first-order valence-corrected chi connectivity index (χ1v) is 7.76. The molecule has 4 heteroatoms. The monoisotopic (exact) mass is 299 g/mol. The van der Waals surface area contributed by atoms with Gasteiger partial charge in [0, 0.05) is 26.3 Å². The summed E-state index contributed by atoms with van der Waals surface area (Å²) in [7, 11) is 3.94. The van der Waals surface area contributed by atoms with Gasteiger partial charge in [0.15, 0.2) is 0 Å². The van der Waals surface area contributed by atoms with E-state index in [1.54, 1.807) is 6.08 Å². The van der Waals surface area contributed by atoms with Crippen LogP contribution in [-0.4, -0.2) is 26.5 Å². The molecule has 0 bridgehead atoms. The van der Waals surface area contributed by atoms with Crippen LogP contribution in [0.25, 0.3) is 6.08 Å². The lowest BCUT2D eigenvalue weighted by molar-refractivity contribution is -0.117. The fraction of sp³-hybridized carbons (Fsp3) is 0.444. The van der Waals surface area contributed by atoms with Gasteiger partial charge in [-0.3, -0.25) is 4.79 Å². The van der Waals surface area contributed by atoms with Gasteiger partial charge in [-0.25, -0.2) is 0 Å². The summed E-state index contributed by atoms with van der Waals surface area (Å²) in [6, 6.07) is 9.71. The minimum atomic E-state index is -0.296. The van der Waals surface area contributed by atoms with Crippen molar-refractivity contribution < 1.29 is 4.79 Å². The standard InChI is InChI=1S/C18H25N3O/c1-4-5-6-7-12-20-18(22)16(14-19)13-15-8-10-17(11-9-15)21(2)3/h8-11,13H,4-7,12H2,1-3H3,(H,20,22)/b16-13+. The third-order valence-corrected chi connectivity index (χ3v) is 3.40. The Hall–Kier alpha value is -2.28. The Kier molecular flexibility index (Phi) is 7.77. The van der Waals surface area contributed by atoms with E-state index in [2.05, 4.69) is 12.2 Å². The normalized spacial score (nSPS) is 10.9. The van der Waals surface area contributed by atoms with Crippen molar-refractivity contribution in [1.29, 1.82) is 5.26 Å². The number of hydrogen-bond acceptors (Lipinski definition) is 3. The van der Waals surface area contributed by atoms with Crippen molar-refractivity contribution in [2.45, 2.75) is 32.6 Å². The fourth-order valence-corrected chi connectivity index (χ4v) is 2.03. The van der Waals surface area contributed by atoms with Gasteiger partial charge in [-0.1, -0.05) is 38.3 Å². The molecule has 1 aromatic rings. The molecular weight excluding hydrogens is 274 g/mol. The molecule has 1 aromatic carbocycles. The Balaban J connectivity index is 2.62. The third kappa shape index (κ3) is 6.01. The molecule has 0 aliphatic carbocycles. The van der Waals surface area contributed by atoms with Crippen LogP contribution in [-0.2, 0) is 4.79 Å². The Morgan fingerprint density at radius 2 is 1.91 bits per heavy atom. The molecule has 0 fully saturated rings. The van der Waals surface area contributed by atoms with E-state index in [9.17, 15) is 4.79 Å². The van der Waals surface area contributed by atoms with Gasteiger partial charge in [0.05, 0.1) is 0 Å². The van der Waals surface area contributed by atoms with Crippen molar-refractivity contribution in [2.75, 3.05) is 25.5 Å². The second kappa shape index (κ2) is 9.62. The smallest absolute Gasteiger partial charge is 0.261 e. The van der Waals surface area contributed by atoms with Crippen LogP contribution in [0.1, 0.15) is 38.2 Å². The lowest BCUT2D eigenvalue weighted by Crippen LogP contribution is -2.25. The summed E-state index contributed by atoms with van der Waals surface area (Å²) < 4.78 is 0. The van der Waals surface area contributed by atoms with E-state index in [0.29, 0.717) is 6.54 Å². The molecule has 22 heavy (non-hydrogen) atoms. The van der Waals surface area contributed by atoms with E-state index in [4.69, 9.17) is 5.26 Å². The quantitative estimate of drug-likeness (QED) is 0.455. The summed E-state index contributed by atoms with van der Waals surface area (Å²) >= 11 is 0. The predicted octanol–water partition coefficient (Wildman–Crippen LogP) is 3.36. The zero-order valence-corrected chi connectivity index (χ0v) is 13.7. The van der Waals surface area contributed by atoms with Crippen LogP contribution >= 0.6 is 0 Å². The number of amides is 1. The third-order valence-electron chi connectivity index (χ3n) is 3.40. The predicted molar refractivity (Wildman–Crippen MR) is 91.5 cm³/mol. The Morgan fingerprint density at radius 3 is 2.45 bits per heavy atom. The number of carbonyl (C=O) groups excluding carboxylic acids is 1. The number of hydrogen-bond donors (Lipinski definition) is 1. The van der Waals surface area contributed by atoms with Crippen LogP contribution in [0.5, 0.6) is 0 Å². The average molecular weight is 299 g/mol. The van der Waals surface area contributed by atoms with E-state index in [1.807, 2.05) is 49.3 Å². The van der Waals surface area contributed by atoms with Crippen molar-refractivity contribution in [3.05, 3.63) is 35.4 Å². The Bertz CT molecular complexity index is 538. The number of nitrogens with one attached hydrogen (secondary N) is 1. The summed E-state index contributed by atoms with van der Waals surface area (Å²) in [6.07, 6.45) is 6.03. The Morgan fingerprint density at radius 1 is 1.23 bits per heavy atom. The molecule has 0 atom stereocenters. The van der Waals surface area contributed by atoms with Gasteiger partial charge in [-0.2, -0.15) is 5.26 Å². The van der Waals surface area contributed by atoms with Gasteiger partial charge < -0.3 is 10.2 Å². The highest BCUT2D eigenvalue weighted by Crippen LogP contribution is 2.14. The van der Waals surface area contributed by atoms with Gasteiger partial charge in [0.1, 0.15) is 11.6 Å². The highest BCUT2D eigenvalue weighted by Gasteiger charge is 2.08. The van der Waals surface area contributed by atoms with Crippen LogP contribution in [0.3, 0.4) is 0 Å². The zero-order chi connectivity index (χ0) is 16.4. The molecule has 0 aliphatic rings. The first kappa shape index (κ1) is 17.8. The van der Waals surface area contributed by atoms with E-state index in [0.717, 1.165) is 24.1 Å². The number of carbonyl (C=O) groups is 1. The highest BCUT2D eigenvalue weighted by molar-refractivity contribution is 6.01. The van der Waals surface area contributed by atoms with E-state index < -0.39 is 0 Å². The van der Waals surface area contributed by atoms with Crippen molar-refractivity contribution in [2.24, 2.45) is 0 Å². The number of unbranched alkanes of at least 4 members (excludes halogenated alkanes) is 3. The first-order valence-electron chi connectivity index (χ1n) is 7.76. The van der Waals surface area contributed by atoms with Gasteiger partial charge in [0.25, 0.3) is 5.91 Å². The van der Waals surface area contributed by atoms with Crippen LogP contribution in [0.4, 0.5) is 5.69 Å². The zero-order valence-electron chi connectivity index (χ0n) is 13.7. The van der Waals surface area contributed by atoms with Crippen molar-refractivity contribution in [1.82, 2.24) is 5.32 Å². The molecule has 118 valence electrons. The van der Waals surface area contributed by atoms with Crippen LogP contribution in [0.2, 0.25) is 0 Å². The topological polar surface area (TPSA) is 56.1 Å². The largest absolute Gasteiger partial charge is 0.378 e. The summed E-state index contributed by atoms with van der Waals surface area (Å²) in [6.45, 7) is 2.77. The maximum absolute atomic E-state index is 12.0. The maximum atomic E-state index is 12.0. The number of rotatable bonds is 8. The molecule has 0 aromatic heterocycles. The lowest BCUT2D eigenvalue weighted by atomic mass is 10.1. The van der Waals surface area contributed by atoms with Gasteiger partial charge >= 0.3 is 0 Å². The van der Waals surface area contributed by atoms with Crippen LogP contribution in [0, 0.1) is 11.3 Å². The molecule has 1 N–H and O–H groups in total. The summed E-state index contributed by atoms with van der Waals surface area (Å²) in [5.74, 6) is -0.296. The molecule has 1 rings (SSSR count). The Labute approximate surface area is 133 Å². The van der Waals surface area contributed by atoms with Gasteiger partial charge in [-0.05, 0) is 30.2 Å². The fourth-order valence-electron chi connectivity index (χ4n) is 2.03. The van der Waals surface area contributed by atoms with Gasteiger partial charge in [-0.15, -0.1) is 0 Å². The van der Waals surface area contributed by atoms with Gasteiger partial charge in [0.2, 0.25) is 0 Å². The molecule has 1 amide bonds. The van der Waals surface area contributed by atoms with Crippen molar-refractivity contribution >= 4 is 17.7 Å². The van der Waals surface area contributed by atoms with Crippen molar-refractivity contribution in [3.63, 3.8) is 0 Å². The second-order valence-electron chi connectivity index (χ2n) is 5.47. The maximum Gasteiger partial charge on any atom is 0.261 e.